The first-order valence-electron chi connectivity index (χ1n) is 9.23. The molecule has 0 aliphatic carbocycles. The average Bonchev–Trinajstić information content (AvgIpc) is 3.10. The normalized spacial score (nSPS) is 15.4. The number of fused-ring (bicyclic) bond motifs is 1. The smallest absolute Gasteiger partial charge is 0.254 e. The zero-order chi connectivity index (χ0) is 18.8. The highest BCUT2D eigenvalue weighted by atomic mass is 35.5. The lowest BCUT2D eigenvalue weighted by Crippen LogP contribution is -2.48. The second-order valence-electron chi connectivity index (χ2n) is 6.81. The molecule has 6 nitrogen and oxygen atoms in total. The van der Waals surface area contributed by atoms with Gasteiger partial charge in [-0.1, -0.05) is 28.9 Å². The van der Waals surface area contributed by atoms with Crippen molar-refractivity contribution in [3.05, 3.63) is 58.6 Å². The third kappa shape index (κ3) is 3.82. The minimum absolute atomic E-state index is 0.0605. The molecule has 0 N–H and O–H groups in total. The maximum atomic E-state index is 12.9. The Bertz CT molecular complexity index is 962. The van der Waals surface area contributed by atoms with Crippen molar-refractivity contribution < 1.29 is 4.79 Å². The van der Waals surface area contributed by atoms with Crippen LogP contribution in [-0.2, 0) is 13.1 Å². The van der Waals surface area contributed by atoms with Gasteiger partial charge < -0.3 is 4.90 Å². The number of piperazine rings is 1. The molecule has 0 atom stereocenters. The third-order valence-corrected chi connectivity index (χ3v) is 5.25. The molecule has 1 amide bonds. The minimum Gasteiger partial charge on any atom is -0.336 e. The van der Waals surface area contributed by atoms with Crippen LogP contribution < -0.4 is 0 Å². The lowest BCUT2D eigenvalue weighted by atomic mass is 10.1. The van der Waals surface area contributed by atoms with Crippen LogP contribution in [0.25, 0.3) is 11.0 Å². The number of rotatable bonds is 4. The van der Waals surface area contributed by atoms with E-state index in [1.165, 1.54) is 5.56 Å². The number of hydrogen-bond donors (Lipinski definition) is 0. The van der Waals surface area contributed by atoms with Gasteiger partial charge in [0.25, 0.3) is 5.91 Å². The first-order valence-corrected chi connectivity index (χ1v) is 9.61. The number of amides is 1. The summed E-state index contributed by atoms with van der Waals surface area (Å²) in [6.45, 7) is 6.79. The molecule has 27 heavy (non-hydrogen) atoms. The van der Waals surface area contributed by atoms with Crippen LogP contribution in [0.4, 0.5) is 0 Å². The summed E-state index contributed by atoms with van der Waals surface area (Å²) in [4.78, 5) is 17.1. The van der Waals surface area contributed by atoms with Gasteiger partial charge in [0.1, 0.15) is 5.52 Å². The Morgan fingerprint density at radius 2 is 1.93 bits per heavy atom. The lowest BCUT2D eigenvalue weighted by Gasteiger charge is -2.34. The fraction of sp³-hybridized carbons (Fsp3) is 0.350. The summed E-state index contributed by atoms with van der Waals surface area (Å²) in [6, 6.07) is 13.6. The maximum Gasteiger partial charge on any atom is 0.254 e. The van der Waals surface area contributed by atoms with E-state index in [2.05, 4.69) is 21.3 Å². The first-order chi connectivity index (χ1) is 13.1. The molecule has 0 unspecified atom stereocenters. The van der Waals surface area contributed by atoms with E-state index in [1.54, 1.807) is 0 Å². The molecular weight excluding hydrogens is 362 g/mol. The van der Waals surface area contributed by atoms with Crippen molar-refractivity contribution in [2.45, 2.75) is 20.0 Å². The third-order valence-electron chi connectivity index (χ3n) is 5.02. The van der Waals surface area contributed by atoms with Gasteiger partial charge in [0.05, 0.1) is 5.52 Å². The van der Waals surface area contributed by atoms with E-state index in [9.17, 15) is 4.79 Å². The molecule has 1 aliphatic rings. The summed E-state index contributed by atoms with van der Waals surface area (Å²) in [7, 11) is 0. The average molecular weight is 384 g/mol. The number of nitrogens with zero attached hydrogens (tertiary/aromatic N) is 5. The van der Waals surface area contributed by atoms with E-state index in [0.717, 1.165) is 55.3 Å². The van der Waals surface area contributed by atoms with Gasteiger partial charge in [-0.25, -0.2) is 4.68 Å². The van der Waals surface area contributed by atoms with Gasteiger partial charge in [-0.3, -0.25) is 9.69 Å². The first kappa shape index (κ1) is 17.9. The molecule has 140 valence electrons. The summed E-state index contributed by atoms with van der Waals surface area (Å²) < 4.78 is 1.83. The van der Waals surface area contributed by atoms with Crippen molar-refractivity contribution in [3.63, 3.8) is 0 Å². The molecule has 1 aromatic heterocycles. The zero-order valence-corrected chi connectivity index (χ0v) is 16.1. The molecule has 0 spiro atoms. The van der Waals surface area contributed by atoms with Crippen LogP contribution in [0.3, 0.4) is 0 Å². The van der Waals surface area contributed by atoms with Crippen LogP contribution in [0.1, 0.15) is 22.8 Å². The van der Waals surface area contributed by atoms with Gasteiger partial charge >= 0.3 is 0 Å². The predicted octanol–water partition coefficient (Wildman–Crippen LogP) is 3.06. The Morgan fingerprint density at radius 1 is 1.11 bits per heavy atom. The fourth-order valence-corrected chi connectivity index (χ4v) is 3.74. The van der Waals surface area contributed by atoms with Crippen molar-refractivity contribution in [1.82, 2.24) is 24.8 Å². The second kappa shape index (κ2) is 7.66. The Morgan fingerprint density at radius 3 is 2.67 bits per heavy atom. The number of hydrogen-bond acceptors (Lipinski definition) is 4. The SMILES string of the molecule is CCn1nnc2cc(C(=O)N3CCN(Cc4cccc(Cl)c4)CC3)ccc21. The van der Waals surface area contributed by atoms with E-state index >= 15 is 0 Å². The van der Waals surface area contributed by atoms with Gasteiger partial charge in [0, 0.05) is 49.9 Å². The van der Waals surface area contributed by atoms with E-state index in [0.29, 0.717) is 5.56 Å². The summed E-state index contributed by atoms with van der Waals surface area (Å²) in [5.74, 6) is 0.0605. The van der Waals surface area contributed by atoms with E-state index in [-0.39, 0.29) is 5.91 Å². The van der Waals surface area contributed by atoms with Crippen molar-refractivity contribution in [3.8, 4) is 0 Å². The molecule has 0 radical (unpaired) electrons. The molecule has 2 aromatic carbocycles. The Hall–Kier alpha value is -2.44. The molecule has 4 rings (SSSR count). The molecule has 0 bridgehead atoms. The number of aryl methyl sites for hydroxylation is 1. The standard InChI is InChI=1S/C20H22ClN5O/c1-2-26-19-7-6-16(13-18(19)22-23-26)20(27)25-10-8-24(9-11-25)14-15-4-3-5-17(21)12-15/h3-7,12-13H,2,8-11,14H2,1H3. The zero-order valence-electron chi connectivity index (χ0n) is 15.3. The Labute approximate surface area is 163 Å². The van der Waals surface area contributed by atoms with Crippen molar-refractivity contribution in [1.29, 1.82) is 0 Å². The predicted molar refractivity (Wildman–Crippen MR) is 106 cm³/mol. The van der Waals surface area contributed by atoms with Gasteiger partial charge in [-0.2, -0.15) is 0 Å². The van der Waals surface area contributed by atoms with E-state index in [1.807, 2.05) is 52.9 Å². The molecule has 7 heteroatoms. The highest BCUT2D eigenvalue weighted by Crippen LogP contribution is 2.17. The van der Waals surface area contributed by atoms with Crippen LogP contribution in [0.5, 0.6) is 0 Å². The van der Waals surface area contributed by atoms with Crippen LogP contribution in [0.2, 0.25) is 5.02 Å². The van der Waals surface area contributed by atoms with E-state index < -0.39 is 0 Å². The van der Waals surface area contributed by atoms with Crippen LogP contribution in [0.15, 0.2) is 42.5 Å². The highest BCUT2D eigenvalue weighted by Gasteiger charge is 2.22. The van der Waals surface area contributed by atoms with Gasteiger partial charge in [-0.15, -0.1) is 5.10 Å². The summed E-state index contributed by atoms with van der Waals surface area (Å²) in [6.07, 6.45) is 0. The Balaban J connectivity index is 1.39. The number of halogens is 1. The molecule has 3 aromatic rings. The van der Waals surface area contributed by atoms with Crippen LogP contribution in [-0.4, -0.2) is 56.9 Å². The Kier molecular flexibility index (Phi) is 5.09. The quantitative estimate of drug-likeness (QED) is 0.694. The van der Waals surface area contributed by atoms with E-state index in [4.69, 9.17) is 11.6 Å². The summed E-state index contributed by atoms with van der Waals surface area (Å²) in [5.41, 5.74) is 3.60. The minimum atomic E-state index is 0.0605. The van der Waals surface area contributed by atoms with Crippen LogP contribution in [0, 0.1) is 0 Å². The van der Waals surface area contributed by atoms with Gasteiger partial charge in [-0.05, 0) is 42.8 Å². The molecule has 2 heterocycles. The number of carbonyl (C=O) groups is 1. The maximum absolute atomic E-state index is 12.9. The topological polar surface area (TPSA) is 54.3 Å². The number of aromatic nitrogens is 3. The molecular formula is C20H22ClN5O. The van der Waals surface area contributed by atoms with Gasteiger partial charge in [0.2, 0.25) is 0 Å². The number of benzene rings is 2. The van der Waals surface area contributed by atoms with Crippen LogP contribution >= 0.6 is 11.6 Å². The largest absolute Gasteiger partial charge is 0.336 e. The molecule has 1 saturated heterocycles. The fourth-order valence-electron chi connectivity index (χ4n) is 3.52. The molecule has 1 aliphatic heterocycles. The molecule has 0 saturated carbocycles. The number of carbonyl (C=O) groups excluding carboxylic acids is 1. The van der Waals surface area contributed by atoms with Gasteiger partial charge in [0.15, 0.2) is 0 Å². The van der Waals surface area contributed by atoms with Crippen molar-refractivity contribution in [2.75, 3.05) is 26.2 Å². The molecule has 1 fully saturated rings. The second-order valence-corrected chi connectivity index (χ2v) is 7.24. The summed E-state index contributed by atoms with van der Waals surface area (Å²) >= 11 is 6.06. The highest BCUT2D eigenvalue weighted by molar-refractivity contribution is 6.30. The monoisotopic (exact) mass is 383 g/mol. The van der Waals surface area contributed by atoms with Crippen molar-refractivity contribution in [2.24, 2.45) is 0 Å². The van der Waals surface area contributed by atoms with Crippen molar-refractivity contribution >= 4 is 28.5 Å². The summed E-state index contributed by atoms with van der Waals surface area (Å²) in [5, 5.41) is 9.04. The lowest BCUT2D eigenvalue weighted by molar-refractivity contribution is 0.0628.